The number of piperazine rings is 1. The molecule has 1 fully saturated rings. The Hall–Kier alpha value is -3.91. The van der Waals surface area contributed by atoms with Crippen molar-refractivity contribution in [2.24, 2.45) is 0 Å². The van der Waals surface area contributed by atoms with E-state index in [1.165, 1.54) is 16.8 Å². The quantitative estimate of drug-likeness (QED) is 0.448. The van der Waals surface area contributed by atoms with Crippen molar-refractivity contribution in [2.75, 3.05) is 36.0 Å². The third kappa shape index (κ3) is 5.18. The molecule has 1 aliphatic rings. The van der Waals surface area contributed by atoms with Crippen molar-refractivity contribution in [3.8, 4) is 0 Å². The van der Waals surface area contributed by atoms with Gasteiger partial charge in [0.25, 0.3) is 5.91 Å². The van der Waals surface area contributed by atoms with E-state index in [-0.39, 0.29) is 6.03 Å². The Morgan fingerprint density at radius 2 is 1.71 bits per heavy atom. The van der Waals surface area contributed by atoms with Crippen LogP contribution in [-0.2, 0) is 6.54 Å². The molecule has 3 amide bonds. The Bertz CT molecular complexity index is 1140. The third-order valence-corrected chi connectivity index (χ3v) is 6.22. The van der Waals surface area contributed by atoms with E-state index in [2.05, 4.69) is 41.9 Å². The molecule has 2 N–H and O–H groups in total. The fourth-order valence-corrected chi connectivity index (χ4v) is 4.02. The Morgan fingerprint density at radius 1 is 0.971 bits per heavy atom. The summed E-state index contributed by atoms with van der Waals surface area (Å²) in [5.74, 6) is -0.00730. The molecule has 34 heavy (non-hydrogen) atoms. The number of nitrogens with zero attached hydrogens (tertiary/aromatic N) is 4. The first-order chi connectivity index (χ1) is 16.5. The zero-order valence-electron chi connectivity index (χ0n) is 19.4. The summed E-state index contributed by atoms with van der Waals surface area (Å²) in [5, 5.41) is 8.82. The average molecular weight is 460 g/mol. The highest BCUT2D eigenvalue weighted by molar-refractivity contribution is 5.93. The maximum absolute atomic E-state index is 13.6. The summed E-state index contributed by atoms with van der Waals surface area (Å²) in [6.07, 6.45) is 1.67. The maximum atomic E-state index is 13.6. The molecule has 4 rings (SSSR count). The molecule has 0 unspecified atom stereocenters. The van der Waals surface area contributed by atoms with Crippen LogP contribution in [0, 0.1) is 13.8 Å². The van der Waals surface area contributed by atoms with E-state index in [1.807, 2.05) is 23.1 Å². The lowest BCUT2D eigenvalue weighted by Gasteiger charge is -2.38. The van der Waals surface area contributed by atoms with Crippen molar-refractivity contribution >= 4 is 23.4 Å². The first-order valence-electron chi connectivity index (χ1n) is 11.3. The van der Waals surface area contributed by atoms with E-state index >= 15 is 0 Å². The number of carbonyl (C=O) groups is 2. The van der Waals surface area contributed by atoms with E-state index in [4.69, 9.17) is 5.21 Å². The van der Waals surface area contributed by atoms with Crippen molar-refractivity contribution in [2.45, 2.75) is 20.4 Å². The van der Waals surface area contributed by atoms with Gasteiger partial charge in [0, 0.05) is 43.6 Å². The molecule has 2 heterocycles. The summed E-state index contributed by atoms with van der Waals surface area (Å²) < 4.78 is 0. The highest BCUT2D eigenvalue weighted by Gasteiger charge is 2.27. The van der Waals surface area contributed by atoms with Gasteiger partial charge in [0.1, 0.15) is 5.82 Å². The van der Waals surface area contributed by atoms with Crippen LogP contribution in [-0.4, -0.2) is 53.2 Å². The zero-order valence-corrected chi connectivity index (χ0v) is 19.4. The van der Waals surface area contributed by atoms with Gasteiger partial charge in [-0.25, -0.2) is 15.3 Å². The van der Waals surface area contributed by atoms with E-state index in [9.17, 15) is 9.59 Å². The fourth-order valence-electron chi connectivity index (χ4n) is 4.02. The molecule has 0 spiro atoms. The SMILES string of the molecule is Cc1ccc(N2CCN(C(=O)N(Cc3ccc(C(=O)NO)cc3)c3ccccn3)CC2)cc1C. The second kappa shape index (κ2) is 10.4. The molecule has 1 saturated heterocycles. The molecule has 8 heteroatoms. The average Bonchev–Trinajstić information content (AvgIpc) is 2.89. The number of hydrogen-bond donors (Lipinski definition) is 2. The molecule has 0 aliphatic carbocycles. The highest BCUT2D eigenvalue weighted by atomic mass is 16.5. The standard InChI is InChI=1S/C26H29N5O3/c1-19-6-11-23(17-20(19)2)29-13-15-30(16-14-29)26(33)31(24-5-3-4-12-27-24)18-21-7-9-22(10-8-21)25(32)28-34/h3-12,17,34H,13-16,18H2,1-2H3,(H,28,32). The van der Waals surface area contributed by atoms with Crippen LogP contribution in [0.2, 0.25) is 0 Å². The van der Waals surface area contributed by atoms with Crippen LogP contribution in [0.1, 0.15) is 27.0 Å². The summed E-state index contributed by atoms with van der Waals surface area (Å²) in [6, 6.07) is 18.6. The lowest BCUT2D eigenvalue weighted by Crippen LogP contribution is -2.53. The molecule has 1 aliphatic heterocycles. The predicted octanol–water partition coefficient (Wildman–Crippen LogP) is 3.77. The minimum absolute atomic E-state index is 0.101. The van der Waals surface area contributed by atoms with Gasteiger partial charge in [0.05, 0.1) is 6.54 Å². The van der Waals surface area contributed by atoms with E-state index < -0.39 is 5.91 Å². The minimum Gasteiger partial charge on any atom is -0.368 e. The molecular formula is C26H29N5O3. The number of hydroxylamine groups is 1. The second-order valence-electron chi connectivity index (χ2n) is 8.44. The number of aryl methyl sites for hydroxylation is 2. The van der Waals surface area contributed by atoms with E-state index in [0.29, 0.717) is 31.0 Å². The topological polar surface area (TPSA) is 89.0 Å². The van der Waals surface area contributed by atoms with Crippen molar-refractivity contribution in [1.82, 2.24) is 15.4 Å². The molecule has 176 valence electrons. The number of benzene rings is 2. The Morgan fingerprint density at radius 3 is 2.32 bits per heavy atom. The first kappa shape index (κ1) is 23.3. The predicted molar refractivity (Wildman–Crippen MR) is 131 cm³/mol. The number of pyridine rings is 1. The number of nitrogens with one attached hydrogen (secondary N) is 1. The van der Waals surface area contributed by atoms with Crippen molar-refractivity contribution < 1.29 is 14.8 Å². The van der Waals surface area contributed by atoms with Gasteiger partial charge < -0.3 is 9.80 Å². The van der Waals surface area contributed by atoms with Gasteiger partial charge in [-0.1, -0.05) is 24.3 Å². The molecule has 2 aromatic carbocycles. The summed E-state index contributed by atoms with van der Waals surface area (Å²) in [5.41, 5.74) is 6.53. The summed E-state index contributed by atoms with van der Waals surface area (Å²) in [7, 11) is 0. The molecular weight excluding hydrogens is 430 g/mol. The molecule has 0 saturated carbocycles. The van der Waals surface area contributed by atoms with Crippen LogP contribution >= 0.6 is 0 Å². The van der Waals surface area contributed by atoms with Gasteiger partial charge in [-0.3, -0.25) is 14.9 Å². The van der Waals surface area contributed by atoms with E-state index in [0.717, 1.165) is 18.7 Å². The fraction of sp³-hybridized carbons (Fsp3) is 0.269. The molecule has 1 aromatic heterocycles. The van der Waals surface area contributed by atoms with Gasteiger partial charge in [0.2, 0.25) is 0 Å². The number of anilines is 2. The number of urea groups is 1. The molecule has 3 aromatic rings. The van der Waals surface area contributed by atoms with Crippen LogP contribution in [0.5, 0.6) is 0 Å². The second-order valence-corrected chi connectivity index (χ2v) is 8.44. The Labute approximate surface area is 199 Å². The van der Waals surface area contributed by atoms with Crippen molar-refractivity contribution in [3.05, 3.63) is 89.1 Å². The van der Waals surface area contributed by atoms with Gasteiger partial charge >= 0.3 is 6.03 Å². The Balaban J connectivity index is 1.48. The largest absolute Gasteiger partial charge is 0.368 e. The van der Waals surface area contributed by atoms with Gasteiger partial charge in [-0.15, -0.1) is 0 Å². The molecule has 0 bridgehead atoms. The summed E-state index contributed by atoms with van der Waals surface area (Å²) in [6.45, 7) is 7.29. The lowest BCUT2D eigenvalue weighted by molar-refractivity contribution is 0.0706. The number of amides is 3. The van der Waals surface area contributed by atoms with Crippen molar-refractivity contribution in [1.29, 1.82) is 0 Å². The van der Waals surface area contributed by atoms with Crippen LogP contribution in [0.3, 0.4) is 0 Å². The van der Waals surface area contributed by atoms with Crippen LogP contribution in [0.4, 0.5) is 16.3 Å². The number of rotatable bonds is 5. The monoisotopic (exact) mass is 459 g/mol. The van der Waals surface area contributed by atoms with Gasteiger partial charge in [-0.05, 0) is 66.9 Å². The molecule has 0 atom stereocenters. The van der Waals surface area contributed by atoms with Crippen LogP contribution in [0.25, 0.3) is 0 Å². The van der Waals surface area contributed by atoms with Gasteiger partial charge in [-0.2, -0.15) is 0 Å². The zero-order chi connectivity index (χ0) is 24.1. The number of carbonyl (C=O) groups excluding carboxylic acids is 2. The number of hydrogen-bond acceptors (Lipinski definition) is 5. The van der Waals surface area contributed by atoms with Gasteiger partial charge in [0.15, 0.2) is 0 Å². The summed E-state index contributed by atoms with van der Waals surface area (Å²) >= 11 is 0. The molecule has 0 radical (unpaired) electrons. The minimum atomic E-state index is -0.578. The third-order valence-electron chi connectivity index (χ3n) is 6.22. The summed E-state index contributed by atoms with van der Waals surface area (Å²) in [4.78, 5) is 35.4. The van der Waals surface area contributed by atoms with Crippen LogP contribution < -0.4 is 15.3 Å². The molecule has 8 nitrogen and oxygen atoms in total. The normalized spacial score (nSPS) is 13.5. The van der Waals surface area contributed by atoms with E-state index in [1.54, 1.807) is 40.8 Å². The first-order valence-corrected chi connectivity index (χ1v) is 11.3. The van der Waals surface area contributed by atoms with Crippen LogP contribution in [0.15, 0.2) is 66.9 Å². The maximum Gasteiger partial charge on any atom is 0.326 e. The number of aromatic nitrogens is 1. The van der Waals surface area contributed by atoms with Crippen molar-refractivity contribution in [3.63, 3.8) is 0 Å². The lowest BCUT2D eigenvalue weighted by atomic mass is 10.1. The Kier molecular flexibility index (Phi) is 7.08. The smallest absolute Gasteiger partial charge is 0.326 e. The highest BCUT2D eigenvalue weighted by Crippen LogP contribution is 2.22.